The minimum absolute atomic E-state index is 0.0906. The molecule has 6 nitrogen and oxygen atoms in total. The Balaban J connectivity index is 1.52. The van der Waals surface area contributed by atoms with Crippen LogP contribution in [0.2, 0.25) is 0 Å². The number of fused-ring (bicyclic) bond motifs is 1. The summed E-state index contributed by atoms with van der Waals surface area (Å²) >= 11 is 2.84. The number of nitrogens with zero attached hydrogens (tertiary/aromatic N) is 2. The number of rotatable bonds is 4. The largest absolute Gasteiger partial charge is 0.301 e. The number of aryl methyl sites for hydroxylation is 1. The molecule has 8 heteroatoms. The number of carbonyl (C=O) groups is 2. The number of benzene rings is 1. The predicted octanol–water partition coefficient (Wildman–Crippen LogP) is 3.91. The number of amides is 2. The van der Waals surface area contributed by atoms with Gasteiger partial charge in [-0.15, -0.1) is 22.7 Å². The molecule has 132 valence electrons. The molecule has 2 heterocycles. The Morgan fingerprint density at radius 2 is 1.96 bits per heavy atom. The zero-order chi connectivity index (χ0) is 17.9. The highest BCUT2D eigenvalue weighted by molar-refractivity contribution is 7.16. The summed E-state index contributed by atoms with van der Waals surface area (Å²) < 4.78 is 0. The van der Waals surface area contributed by atoms with Crippen LogP contribution in [-0.2, 0) is 11.2 Å². The van der Waals surface area contributed by atoms with Crippen molar-refractivity contribution in [2.24, 2.45) is 0 Å². The zero-order valence-electron chi connectivity index (χ0n) is 13.8. The van der Waals surface area contributed by atoms with Gasteiger partial charge in [0.15, 0.2) is 10.3 Å². The normalized spacial score (nSPS) is 15.9. The summed E-state index contributed by atoms with van der Waals surface area (Å²) in [6, 6.07) is 9.02. The summed E-state index contributed by atoms with van der Waals surface area (Å²) in [4.78, 5) is 34.7. The lowest BCUT2D eigenvalue weighted by atomic mass is 9.90. The van der Waals surface area contributed by atoms with E-state index < -0.39 is 0 Å². The van der Waals surface area contributed by atoms with Crippen LogP contribution in [0.4, 0.5) is 10.3 Å². The van der Waals surface area contributed by atoms with Gasteiger partial charge in [0, 0.05) is 22.0 Å². The van der Waals surface area contributed by atoms with E-state index in [0.717, 1.165) is 29.8 Å². The molecule has 0 fully saturated rings. The fourth-order valence-electron chi connectivity index (χ4n) is 2.96. The van der Waals surface area contributed by atoms with Gasteiger partial charge in [-0.2, -0.15) is 0 Å². The van der Waals surface area contributed by atoms with Crippen LogP contribution in [0, 0.1) is 0 Å². The van der Waals surface area contributed by atoms with Crippen LogP contribution in [0.1, 0.15) is 39.7 Å². The predicted molar refractivity (Wildman–Crippen MR) is 103 cm³/mol. The Kier molecular flexibility index (Phi) is 4.77. The summed E-state index contributed by atoms with van der Waals surface area (Å²) in [5, 5.41) is 8.65. The fraction of sp³-hybridized carbons (Fsp3) is 0.222. The molecule has 0 saturated heterocycles. The summed E-state index contributed by atoms with van der Waals surface area (Å²) in [7, 11) is 0. The molecule has 1 aromatic carbocycles. The number of thiazole rings is 2. The van der Waals surface area contributed by atoms with Gasteiger partial charge in [0.25, 0.3) is 5.91 Å². The third-order valence-electron chi connectivity index (χ3n) is 4.19. The highest BCUT2D eigenvalue weighted by Gasteiger charge is 2.31. The molecule has 3 aromatic rings. The lowest BCUT2D eigenvalue weighted by molar-refractivity contribution is -0.117. The maximum Gasteiger partial charge on any atom is 0.257 e. The molecule has 2 N–H and O–H groups in total. The van der Waals surface area contributed by atoms with E-state index in [4.69, 9.17) is 0 Å². The van der Waals surface area contributed by atoms with E-state index >= 15 is 0 Å². The van der Waals surface area contributed by atoms with Crippen molar-refractivity contribution in [3.63, 3.8) is 0 Å². The number of aromatic nitrogens is 2. The smallest absolute Gasteiger partial charge is 0.257 e. The van der Waals surface area contributed by atoms with Gasteiger partial charge in [0.2, 0.25) is 5.91 Å². The number of carbonyl (C=O) groups excluding carboxylic acids is 2. The van der Waals surface area contributed by atoms with Crippen LogP contribution in [0.5, 0.6) is 0 Å². The molecule has 2 aromatic heterocycles. The van der Waals surface area contributed by atoms with E-state index in [1.54, 1.807) is 18.3 Å². The van der Waals surface area contributed by atoms with Gasteiger partial charge >= 0.3 is 0 Å². The minimum atomic E-state index is -0.304. The van der Waals surface area contributed by atoms with E-state index in [1.807, 2.05) is 23.6 Å². The highest BCUT2D eigenvalue weighted by atomic mass is 32.1. The average molecular weight is 384 g/mol. The Bertz CT molecular complexity index is 922. The molecule has 1 aliphatic rings. The second kappa shape index (κ2) is 7.35. The van der Waals surface area contributed by atoms with Crippen molar-refractivity contribution in [2.45, 2.75) is 25.2 Å². The molecule has 1 aliphatic carbocycles. The van der Waals surface area contributed by atoms with Gasteiger partial charge < -0.3 is 5.32 Å². The molecular formula is C18H16N4O2S2. The Labute approximate surface area is 158 Å². The van der Waals surface area contributed by atoms with Gasteiger partial charge in [-0.1, -0.05) is 18.2 Å². The van der Waals surface area contributed by atoms with Gasteiger partial charge in [-0.3, -0.25) is 14.9 Å². The third-order valence-corrected chi connectivity index (χ3v) is 5.92. The highest BCUT2D eigenvalue weighted by Crippen LogP contribution is 2.37. The second-order valence-electron chi connectivity index (χ2n) is 5.92. The number of hydrogen-bond donors (Lipinski definition) is 2. The second-order valence-corrected chi connectivity index (χ2v) is 7.90. The summed E-state index contributed by atoms with van der Waals surface area (Å²) in [6.45, 7) is 0. The van der Waals surface area contributed by atoms with Crippen molar-refractivity contribution in [2.75, 3.05) is 10.6 Å². The first-order valence-corrected chi connectivity index (χ1v) is 9.96. The number of nitrogens with one attached hydrogen (secondary N) is 2. The number of anilines is 2. The zero-order valence-corrected chi connectivity index (χ0v) is 15.4. The van der Waals surface area contributed by atoms with Crippen LogP contribution in [0.25, 0.3) is 0 Å². The van der Waals surface area contributed by atoms with Crippen LogP contribution in [0.3, 0.4) is 0 Å². The fourth-order valence-corrected chi connectivity index (χ4v) is 4.56. The molecule has 2 amide bonds. The van der Waals surface area contributed by atoms with Crippen molar-refractivity contribution in [1.82, 2.24) is 9.97 Å². The van der Waals surface area contributed by atoms with Crippen LogP contribution >= 0.6 is 22.7 Å². The number of hydrogen-bond acceptors (Lipinski definition) is 6. The van der Waals surface area contributed by atoms with E-state index in [1.165, 1.54) is 22.7 Å². The topological polar surface area (TPSA) is 84.0 Å². The average Bonchev–Trinajstić information content (AvgIpc) is 3.31. The lowest BCUT2D eigenvalue weighted by Gasteiger charge is -2.19. The van der Waals surface area contributed by atoms with E-state index in [9.17, 15) is 9.59 Å². The van der Waals surface area contributed by atoms with Gasteiger partial charge in [0.1, 0.15) is 0 Å². The third kappa shape index (κ3) is 3.51. The molecule has 4 rings (SSSR count). The lowest BCUT2D eigenvalue weighted by Crippen LogP contribution is -2.24. The van der Waals surface area contributed by atoms with Crippen molar-refractivity contribution in [1.29, 1.82) is 0 Å². The SMILES string of the molecule is O=C(Nc1nc2c(s1)CCCC2C(=O)Nc1nccs1)c1ccccc1. The molecule has 0 aliphatic heterocycles. The first-order valence-electron chi connectivity index (χ1n) is 8.27. The van der Waals surface area contributed by atoms with Gasteiger partial charge in [-0.05, 0) is 31.4 Å². The molecule has 0 saturated carbocycles. The van der Waals surface area contributed by atoms with E-state index in [2.05, 4.69) is 20.6 Å². The standard InChI is InChI=1S/C18H16N4O2S2/c23-15(11-5-2-1-3-6-11)21-18-20-14-12(7-4-8-13(14)26-18)16(24)22-17-19-9-10-25-17/h1-3,5-6,9-10,12H,4,7-8H2,(H,19,22,24)(H,20,21,23). The van der Waals surface area contributed by atoms with Crippen molar-refractivity contribution in [3.8, 4) is 0 Å². The molecule has 26 heavy (non-hydrogen) atoms. The first-order chi connectivity index (χ1) is 12.7. The van der Waals surface area contributed by atoms with Crippen LogP contribution in [-0.4, -0.2) is 21.8 Å². The molecule has 1 unspecified atom stereocenters. The Hall–Kier alpha value is -2.58. The summed E-state index contributed by atoms with van der Waals surface area (Å²) in [5.41, 5.74) is 1.36. The Morgan fingerprint density at radius 3 is 2.73 bits per heavy atom. The molecular weight excluding hydrogens is 368 g/mol. The quantitative estimate of drug-likeness (QED) is 0.714. The molecule has 0 spiro atoms. The molecule has 0 bridgehead atoms. The van der Waals surface area contributed by atoms with Gasteiger partial charge in [-0.25, -0.2) is 9.97 Å². The maximum absolute atomic E-state index is 12.6. The van der Waals surface area contributed by atoms with Crippen molar-refractivity contribution < 1.29 is 9.59 Å². The molecule has 1 atom stereocenters. The van der Waals surface area contributed by atoms with Crippen molar-refractivity contribution in [3.05, 3.63) is 58.0 Å². The van der Waals surface area contributed by atoms with Crippen LogP contribution < -0.4 is 10.6 Å². The Morgan fingerprint density at radius 1 is 1.12 bits per heavy atom. The van der Waals surface area contributed by atoms with Crippen LogP contribution in [0.15, 0.2) is 41.9 Å². The monoisotopic (exact) mass is 384 g/mol. The summed E-state index contributed by atoms with van der Waals surface area (Å²) in [6.07, 6.45) is 4.22. The van der Waals surface area contributed by atoms with E-state index in [-0.39, 0.29) is 17.7 Å². The summed E-state index contributed by atoms with van der Waals surface area (Å²) in [5.74, 6) is -0.589. The first kappa shape index (κ1) is 16.9. The van der Waals surface area contributed by atoms with E-state index in [0.29, 0.717) is 15.8 Å². The maximum atomic E-state index is 12.6. The van der Waals surface area contributed by atoms with Crippen molar-refractivity contribution >= 4 is 44.8 Å². The molecule has 0 radical (unpaired) electrons. The van der Waals surface area contributed by atoms with Gasteiger partial charge in [0.05, 0.1) is 11.6 Å². The minimum Gasteiger partial charge on any atom is -0.301 e.